The van der Waals surface area contributed by atoms with Gasteiger partial charge in [0.1, 0.15) is 0 Å². The zero-order valence-corrected chi connectivity index (χ0v) is 13.4. The summed E-state index contributed by atoms with van der Waals surface area (Å²) in [6.07, 6.45) is 2.38. The maximum absolute atomic E-state index is 5.43. The van der Waals surface area contributed by atoms with E-state index in [1.165, 1.54) is 24.0 Å². The summed E-state index contributed by atoms with van der Waals surface area (Å²) in [6, 6.07) is 9.60. The average molecular weight is 275 g/mol. The molecule has 1 heterocycles. The van der Waals surface area contributed by atoms with Crippen molar-refractivity contribution in [3.05, 3.63) is 35.4 Å². The van der Waals surface area contributed by atoms with E-state index in [0.29, 0.717) is 6.04 Å². The fourth-order valence-corrected chi connectivity index (χ4v) is 2.78. The Morgan fingerprint density at radius 2 is 1.75 bits per heavy atom. The van der Waals surface area contributed by atoms with Gasteiger partial charge in [0.15, 0.2) is 0 Å². The Morgan fingerprint density at radius 1 is 1.15 bits per heavy atom. The second-order valence-electron chi connectivity index (χ2n) is 7.07. The fraction of sp³-hybridized carbons (Fsp3) is 0.667. The van der Waals surface area contributed by atoms with Gasteiger partial charge < -0.3 is 10.1 Å². The first-order valence-electron chi connectivity index (χ1n) is 7.87. The lowest BCUT2D eigenvalue weighted by molar-refractivity contribution is 0.0558. The number of ether oxygens (including phenoxy) is 1. The molecule has 1 atom stereocenters. The molecule has 1 aliphatic heterocycles. The highest BCUT2D eigenvalue weighted by Crippen LogP contribution is 2.22. The molecule has 1 fully saturated rings. The summed E-state index contributed by atoms with van der Waals surface area (Å²) in [6.45, 7) is 11.9. The lowest BCUT2D eigenvalue weighted by Crippen LogP contribution is -2.36. The smallest absolute Gasteiger partial charge is 0.0469 e. The van der Waals surface area contributed by atoms with Gasteiger partial charge in [-0.05, 0) is 42.2 Å². The summed E-state index contributed by atoms with van der Waals surface area (Å²) in [4.78, 5) is 0. The summed E-state index contributed by atoms with van der Waals surface area (Å²) in [5, 5.41) is 3.67. The van der Waals surface area contributed by atoms with E-state index in [1.54, 1.807) is 0 Å². The van der Waals surface area contributed by atoms with Crippen molar-refractivity contribution in [2.24, 2.45) is 5.92 Å². The van der Waals surface area contributed by atoms with Crippen LogP contribution in [-0.4, -0.2) is 19.3 Å². The van der Waals surface area contributed by atoms with Crippen molar-refractivity contribution >= 4 is 0 Å². The molecule has 0 amide bonds. The molecule has 1 aromatic rings. The number of nitrogens with one attached hydrogen (secondary N) is 1. The minimum absolute atomic E-state index is 0.237. The molecule has 0 aliphatic carbocycles. The van der Waals surface area contributed by atoms with Gasteiger partial charge in [-0.15, -0.1) is 0 Å². The summed E-state index contributed by atoms with van der Waals surface area (Å²) < 4.78 is 5.43. The van der Waals surface area contributed by atoms with Crippen LogP contribution in [0.5, 0.6) is 0 Å². The van der Waals surface area contributed by atoms with E-state index >= 15 is 0 Å². The van der Waals surface area contributed by atoms with Crippen LogP contribution in [0.3, 0.4) is 0 Å². The highest BCUT2D eigenvalue weighted by Gasteiger charge is 2.20. The summed E-state index contributed by atoms with van der Waals surface area (Å²) in [5.74, 6) is 0.762. The third-order valence-corrected chi connectivity index (χ3v) is 4.42. The van der Waals surface area contributed by atoms with Crippen LogP contribution in [0.2, 0.25) is 0 Å². The molecule has 1 saturated heterocycles. The first-order chi connectivity index (χ1) is 9.47. The Hall–Kier alpha value is -0.860. The molecule has 20 heavy (non-hydrogen) atoms. The van der Waals surface area contributed by atoms with E-state index in [0.717, 1.165) is 25.7 Å². The molecule has 2 nitrogen and oxygen atoms in total. The third-order valence-electron chi connectivity index (χ3n) is 4.42. The molecular formula is C18H29NO. The Labute approximate surface area is 123 Å². The number of rotatable bonds is 4. The van der Waals surface area contributed by atoms with Crippen molar-refractivity contribution in [2.45, 2.75) is 58.5 Å². The van der Waals surface area contributed by atoms with Crippen molar-refractivity contribution in [1.82, 2.24) is 5.32 Å². The molecular weight excluding hydrogens is 246 g/mol. The molecule has 0 saturated carbocycles. The van der Waals surface area contributed by atoms with Crippen LogP contribution in [0.25, 0.3) is 0 Å². The van der Waals surface area contributed by atoms with Crippen molar-refractivity contribution in [3.8, 4) is 0 Å². The molecule has 2 heteroatoms. The Morgan fingerprint density at radius 3 is 2.30 bits per heavy atom. The van der Waals surface area contributed by atoms with Crippen LogP contribution in [0, 0.1) is 5.92 Å². The summed E-state index contributed by atoms with van der Waals surface area (Å²) in [7, 11) is 0. The summed E-state index contributed by atoms with van der Waals surface area (Å²) in [5.41, 5.74) is 3.01. The van der Waals surface area contributed by atoms with Gasteiger partial charge in [0.05, 0.1) is 0 Å². The van der Waals surface area contributed by atoms with Gasteiger partial charge in [-0.3, -0.25) is 0 Å². The maximum atomic E-state index is 5.43. The molecule has 1 aromatic carbocycles. The topological polar surface area (TPSA) is 21.3 Å². The predicted molar refractivity (Wildman–Crippen MR) is 85.0 cm³/mol. The quantitative estimate of drug-likeness (QED) is 0.900. The van der Waals surface area contributed by atoms with Crippen molar-refractivity contribution in [2.75, 3.05) is 13.2 Å². The second kappa shape index (κ2) is 6.73. The van der Waals surface area contributed by atoms with Gasteiger partial charge in [-0.1, -0.05) is 45.0 Å². The molecule has 0 spiro atoms. The van der Waals surface area contributed by atoms with Crippen molar-refractivity contribution in [1.29, 1.82) is 0 Å². The number of benzene rings is 1. The van der Waals surface area contributed by atoms with Gasteiger partial charge in [0.25, 0.3) is 0 Å². The van der Waals surface area contributed by atoms with Crippen molar-refractivity contribution < 1.29 is 4.74 Å². The van der Waals surface area contributed by atoms with Gasteiger partial charge in [0.2, 0.25) is 0 Å². The molecule has 0 radical (unpaired) electrons. The normalized spacial score (nSPS) is 19.0. The van der Waals surface area contributed by atoms with Gasteiger partial charge in [-0.25, -0.2) is 0 Å². The number of hydrogen-bond donors (Lipinski definition) is 1. The molecule has 0 aromatic heterocycles. The van der Waals surface area contributed by atoms with Crippen molar-refractivity contribution in [3.63, 3.8) is 0 Å². The zero-order valence-electron chi connectivity index (χ0n) is 13.4. The first kappa shape index (κ1) is 15.5. The standard InChI is InChI=1S/C18H29NO/c1-14(16-9-11-20-12-10-16)19-13-15-5-7-17(8-6-15)18(2,3)4/h5-8,14,16,19H,9-13H2,1-4H3. The van der Waals surface area contributed by atoms with E-state index in [4.69, 9.17) is 4.74 Å². The van der Waals surface area contributed by atoms with Crippen LogP contribution < -0.4 is 5.32 Å². The van der Waals surface area contributed by atoms with E-state index in [9.17, 15) is 0 Å². The predicted octanol–water partition coefficient (Wildman–Crippen LogP) is 3.89. The lowest BCUT2D eigenvalue weighted by Gasteiger charge is -2.28. The largest absolute Gasteiger partial charge is 0.381 e. The minimum Gasteiger partial charge on any atom is -0.381 e. The molecule has 0 bridgehead atoms. The Kier molecular flexibility index (Phi) is 5.22. The third kappa shape index (κ3) is 4.32. The minimum atomic E-state index is 0.237. The average Bonchev–Trinajstić information content (AvgIpc) is 2.45. The molecule has 2 rings (SSSR count). The van der Waals surface area contributed by atoms with E-state index < -0.39 is 0 Å². The van der Waals surface area contributed by atoms with Gasteiger partial charge >= 0.3 is 0 Å². The Balaban J connectivity index is 1.84. The van der Waals surface area contributed by atoms with Crippen LogP contribution in [0.4, 0.5) is 0 Å². The zero-order chi connectivity index (χ0) is 14.6. The molecule has 1 unspecified atom stereocenters. The maximum Gasteiger partial charge on any atom is 0.0469 e. The van der Waals surface area contributed by atoms with Crippen LogP contribution in [0.15, 0.2) is 24.3 Å². The van der Waals surface area contributed by atoms with Crippen LogP contribution in [-0.2, 0) is 16.7 Å². The van der Waals surface area contributed by atoms with Gasteiger partial charge in [-0.2, -0.15) is 0 Å². The molecule has 112 valence electrons. The van der Waals surface area contributed by atoms with E-state index in [-0.39, 0.29) is 5.41 Å². The second-order valence-corrected chi connectivity index (χ2v) is 7.07. The monoisotopic (exact) mass is 275 g/mol. The van der Waals surface area contributed by atoms with Crippen LogP contribution >= 0.6 is 0 Å². The van der Waals surface area contributed by atoms with Crippen LogP contribution in [0.1, 0.15) is 51.7 Å². The highest BCUT2D eigenvalue weighted by molar-refractivity contribution is 5.27. The Bertz CT molecular complexity index is 398. The fourth-order valence-electron chi connectivity index (χ4n) is 2.78. The first-order valence-corrected chi connectivity index (χ1v) is 7.87. The SMILES string of the molecule is CC(NCc1ccc(C(C)(C)C)cc1)C1CCOCC1. The van der Waals surface area contributed by atoms with Gasteiger partial charge in [0, 0.05) is 25.8 Å². The summed E-state index contributed by atoms with van der Waals surface area (Å²) >= 11 is 0. The van der Waals surface area contributed by atoms with E-state index in [2.05, 4.69) is 57.3 Å². The highest BCUT2D eigenvalue weighted by atomic mass is 16.5. The van der Waals surface area contributed by atoms with E-state index in [1.807, 2.05) is 0 Å². The lowest BCUT2D eigenvalue weighted by atomic mass is 9.86. The molecule has 1 N–H and O–H groups in total. The molecule has 1 aliphatic rings. The number of hydrogen-bond acceptors (Lipinski definition) is 2.